The number of benzene rings is 1. The predicted octanol–water partition coefficient (Wildman–Crippen LogP) is 2.77. The SMILES string of the molecule is COOCN(CCN(CC(=O)O)CC(=O)O)CC(Cc1ccc(NCCCCCCNC(=O)CCCCCNC(=O)CCCCC2SCC3NC(=O)NC32)cc1)N(COOC)COOC. The molecule has 21 nitrogen and oxygen atoms in total. The van der Waals surface area contributed by atoms with Crippen molar-refractivity contribution in [3.63, 3.8) is 0 Å². The van der Waals surface area contributed by atoms with Gasteiger partial charge >= 0.3 is 18.0 Å². The lowest BCUT2D eigenvalue weighted by Gasteiger charge is -2.34. The van der Waals surface area contributed by atoms with Crippen LogP contribution in [0.1, 0.15) is 82.6 Å². The molecule has 4 atom stereocenters. The number of carboxylic acids is 2. The summed E-state index contributed by atoms with van der Waals surface area (Å²) < 4.78 is 0. The molecule has 1 aromatic rings. The van der Waals surface area contributed by atoms with Crippen molar-refractivity contribution in [2.45, 2.75) is 107 Å². The van der Waals surface area contributed by atoms with Crippen molar-refractivity contribution in [2.24, 2.45) is 0 Å². The Bertz CT molecular complexity index is 1500. The molecule has 2 saturated heterocycles. The average Bonchev–Trinajstić information content (AvgIpc) is 3.84. The molecule has 0 spiro atoms. The van der Waals surface area contributed by atoms with Gasteiger partial charge in [-0.3, -0.25) is 29.0 Å². The van der Waals surface area contributed by atoms with Crippen LogP contribution in [0.2, 0.25) is 0 Å². The Morgan fingerprint density at radius 3 is 1.88 bits per heavy atom. The normalized spacial score (nSPS) is 17.3. The summed E-state index contributed by atoms with van der Waals surface area (Å²) in [7, 11) is 4.18. The minimum Gasteiger partial charge on any atom is -0.480 e. The lowest BCUT2D eigenvalue weighted by molar-refractivity contribution is -0.339. The fourth-order valence-electron chi connectivity index (χ4n) is 7.67. The van der Waals surface area contributed by atoms with Crippen LogP contribution in [-0.4, -0.2) is 178 Å². The van der Waals surface area contributed by atoms with Crippen LogP contribution in [0.3, 0.4) is 0 Å². The molecule has 7 N–H and O–H groups in total. The molecule has 4 unspecified atom stereocenters. The molecule has 4 amide bonds. The van der Waals surface area contributed by atoms with Gasteiger partial charge in [-0.25, -0.2) is 39.0 Å². The van der Waals surface area contributed by atoms with E-state index < -0.39 is 25.0 Å². The Hall–Kier alpha value is -3.84. The quantitative estimate of drug-likeness (QED) is 0.0164. The Morgan fingerprint density at radius 1 is 0.723 bits per heavy atom. The van der Waals surface area contributed by atoms with E-state index in [0.29, 0.717) is 44.1 Å². The summed E-state index contributed by atoms with van der Waals surface area (Å²) in [6.07, 6.45) is 10.8. The van der Waals surface area contributed by atoms with Crippen LogP contribution in [0.4, 0.5) is 10.5 Å². The Balaban J connectivity index is 1.28. The van der Waals surface area contributed by atoms with Crippen LogP contribution in [0.5, 0.6) is 0 Å². The van der Waals surface area contributed by atoms with Crippen LogP contribution in [0, 0.1) is 0 Å². The maximum atomic E-state index is 12.3. The molecule has 0 radical (unpaired) electrons. The number of hydrogen-bond acceptors (Lipinski definition) is 16. The molecule has 0 saturated carbocycles. The number of nitrogens with zero attached hydrogens (tertiary/aromatic N) is 3. The maximum Gasteiger partial charge on any atom is 0.317 e. The number of fused-ring (bicyclic) bond motifs is 1. The summed E-state index contributed by atoms with van der Waals surface area (Å²) in [4.78, 5) is 94.2. The van der Waals surface area contributed by atoms with E-state index in [0.717, 1.165) is 87.8 Å². The van der Waals surface area contributed by atoms with Gasteiger partial charge in [0.05, 0.1) is 46.5 Å². The van der Waals surface area contributed by atoms with Crippen molar-refractivity contribution in [3.05, 3.63) is 29.8 Å². The van der Waals surface area contributed by atoms with Crippen molar-refractivity contribution < 1.29 is 63.5 Å². The van der Waals surface area contributed by atoms with Crippen molar-refractivity contribution in [1.82, 2.24) is 36.0 Å². The molecule has 1 aromatic carbocycles. The highest BCUT2D eigenvalue weighted by Gasteiger charge is 2.42. The molecule has 2 heterocycles. The van der Waals surface area contributed by atoms with Gasteiger partial charge in [-0.1, -0.05) is 37.8 Å². The average molecular weight is 943 g/mol. The van der Waals surface area contributed by atoms with Gasteiger partial charge in [0.1, 0.15) is 20.2 Å². The summed E-state index contributed by atoms with van der Waals surface area (Å²) in [5, 5.41) is 34.5. The molecule has 370 valence electrons. The number of thioether (sulfide) groups is 1. The van der Waals surface area contributed by atoms with E-state index in [1.807, 2.05) is 45.8 Å². The van der Waals surface area contributed by atoms with Crippen LogP contribution < -0.4 is 26.6 Å². The number of anilines is 1. The first-order valence-electron chi connectivity index (χ1n) is 22.6. The molecule has 3 rings (SSSR count). The number of aliphatic carboxylic acids is 2. The number of carbonyl (C=O) groups is 5. The summed E-state index contributed by atoms with van der Waals surface area (Å²) >= 11 is 1.90. The third-order valence-corrected chi connectivity index (χ3v) is 12.6. The second-order valence-electron chi connectivity index (χ2n) is 16.2. The van der Waals surface area contributed by atoms with Crippen LogP contribution in [0.15, 0.2) is 24.3 Å². The number of nitrogens with one attached hydrogen (secondary N) is 5. The zero-order valence-corrected chi connectivity index (χ0v) is 39.2. The largest absolute Gasteiger partial charge is 0.480 e. The summed E-state index contributed by atoms with van der Waals surface area (Å²) in [5.74, 6) is -1.17. The monoisotopic (exact) mass is 943 g/mol. The fraction of sp³-hybridized carbons (Fsp3) is 0.744. The van der Waals surface area contributed by atoms with E-state index in [-0.39, 0.29) is 69.3 Å². The number of amides is 4. The first kappa shape index (κ1) is 55.5. The third-order valence-electron chi connectivity index (χ3n) is 11.1. The third kappa shape index (κ3) is 24.5. The summed E-state index contributed by atoms with van der Waals surface area (Å²) in [5.41, 5.74) is 2.01. The Morgan fingerprint density at radius 2 is 1.28 bits per heavy atom. The molecular weight excluding hydrogens is 869 g/mol. The van der Waals surface area contributed by atoms with Gasteiger partial charge in [-0.05, 0) is 62.6 Å². The van der Waals surface area contributed by atoms with Crippen molar-refractivity contribution >= 4 is 47.2 Å². The summed E-state index contributed by atoms with van der Waals surface area (Å²) in [6, 6.07) is 8.22. The zero-order valence-electron chi connectivity index (χ0n) is 38.4. The lowest BCUT2D eigenvalue weighted by Crippen LogP contribution is -2.49. The van der Waals surface area contributed by atoms with Crippen LogP contribution in [0.25, 0.3) is 0 Å². The van der Waals surface area contributed by atoms with E-state index in [9.17, 15) is 34.2 Å². The van der Waals surface area contributed by atoms with Gasteiger partial charge in [-0.2, -0.15) is 11.8 Å². The minimum atomic E-state index is -1.13. The molecular formula is C43H74N8O13S. The number of unbranched alkanes of at least 4 members (excludes halogenated alkanes) is 6. The number of hydrogen-bond donors (Lipinski definition) is 7. The second-order valence-corrected chi connectivity index (χ2v) is 17.5. The van der Waals surface area contributed by atoms with Gasteiger partial charge in [-0.15, -0.1) is 0 Å². The van der Waals surface area contributed by atoms with E-state index in [4.69, 9.17) is 29.3 Å². The van der Waals surface area contributed by atoms with E-state index >= 15 is 0 Å². The molecule has 2 aliphatic rings. The maximum absolute atomic E-state index is 12.3. The molecule has 0 bridgehead atoms. The van der Waals surface area contributed by atoms with E-state index in [1.165, 1.54) is 26.2 Å². The van der Waals surface area contributed by atoms with Crippen molar-refractivity contribution in [2.75, 3.05) is 105 Å². The summed E-state index contributed by atoms with van der Waals surface area (Å²) in [6.45, 7) is 2.14. The first-order chi connectivity index (χ1) is 31.5. The van der Waals surface area contributed by atoms with E-state index in [2.05, 4.69) is 26.6 Å². The Kier molecular flexibility index (Phi) is 28.7. The van der Waals surface area contributed by atoms with Crippen molar-refractivity contribution in [3.8, 4) is 0 Å². The highest BCUT2D eigenvalue weighted by atomic mass is 32.2. The number of urea groups is 1. The Labute approximate surface area is 387 Å². The molecule has 22 heteroatoms. The molecule has 2 fully saturated rings. The van der Waals surface area contributed by atoms with Crippen LogP contribution in [-0.2, 0) is 54.9 Å². The molecule has 0 aromatic heterocycles. The van der Waals surface area contributed by atoms with Gasteiger partial charge in [0.25, 0.3) is 0 Å². The second kappa shape index (κ2) is 33.6. The minimum absolute atomic E-state index is 0.0275. The number of carbonyl (C=O) groups excluding carboxylic acids is 3. The highest BCUT2D eigenvalue weighted by Crippen LogP contribution is 2.33. The van der Waals surface area contributed by atoms with Crippen LogP contribution >= 0.6 is 11.8 Å². The highest BCUT2D eigenvalue weighted by molar-refractivity contribution is 8.00. The van der Waals surface area contributed by atoms with Crippen molar-refractivity contribution in [1.29, 1.82) is 0 Å². The molecule has 2 aliphatic heterocycles. The number of carboxylic acid groups (broad SMARTS) is 2. The zero-order chi connectivity index (χ0) is 47.1. The van der Waals surface area contributed by atoms with Gasteiger partial charge < -0.3 is 36.8 Å². The molecule has 65 heavy (non-hydrogen) atoms. The topological polar surface area (TPSA) is 251 Å². The molecule has 0 aliphatic carbocycles. The van der Waals surface area contributed by atoms with Gasteiger partial charge in [0, 0.05) is 74.8 Å². The standard InChI is InChI=1S/C43H74N8O13S/c1-59-62-30-50(24-23-49(27-40(54)55)28-41(56)57)26-35(51(31-63-60-2)32-64-61-3)25-33-16-18-34(19-17-33)44-20-10-4-5-11-21-45-38(52)14-7-6-12-22-46-39(53)15-9-8-13-37-42-36(29-65-37)47-43(58)48-42/h16-19,35-37,42,44H,4-15,20-32H2,1-3H3,(H,45,52)(H,46,53)(H,54,55)(H,56,57)(H2,47,48,58). The van der Waals surface area contributed by atoms with E-state index in [1.54, 1.807) is 0 Å². The van der Waals surface area contributed by atoms with Gasteiger partial charge in [0.2, 0.25) is 11.8 Å². The fourth-order valence-corrected chi connectivity index (χ4v) is 9.22. The smallest absolute Gasteiger partial charge is 0.317 e. The first-order valence-corrected chi connectivity index (χ1v) is 23.7. The predicted molar refractivity (Wildman–Crippen MR) is 243 cm³/mol. The van der Waals surface area contributed by atoms with Gasteiger partial charge in [0.15, 0.2) is 0 Å². The number of rotatable bonds is 40. The lowest BCUT2D eigenvalue weighted by atomic mass is 10.0.